The lowest BCUT2D eigenvalue weighted by Crippen LogP contribution is -2.23. The van der Waals surface area contributed by atoms with Crippen LogP contribution in [0.4, 0.5) is 13.2 Å². The zero-order valence-electron chi connectivity index (χ0n) is 15.4. The summed E-state index contributed by atoms with van der Waals surface area (Å²) in [6.07, 6.45) is -4.71. The third-order valence-corrected chi connectivity index (χ3v) is 4.01. The molecule has 10 heteroatoms. The first-order valence-electron chi connectivity index (χ1n) is 8.32. The van der Waals surface area contributed by atoms with Crippen LogP contribution in [-0.2, 0) is 12.7 Å². The molecule has 0 saturated heterocycles. The fourth-order valence-corrected chi connectivity index (χ4v) is 2.50. The SMILES string of the molecule is COc1ccc(CNC(=O)c2ccc(-c3noc(C(F)(F)F)n3)cc2)c(OC)c1. The highest BCUT2D eigenvalue weighted by molar-refractivity contribution is 5.94. The molecule has 2 aromatic carbocycles. The highest BCUT2D eigenvalue weighted by Crippen LogP contribution is 2.29. The van der Waals surface area contributed by atoms with Gasteiger partial charge in [-0.1, -0.05) is 17.3 Å². The van der Waals surface area contributed by atoms with Gasteiger partial charge in [-0.3, -0.25) is 4.79 Å². The summed E-state index contributed by atoms with van der Waals surface area (Å²) in [5.41, 5.74) is 1.36. The van der Waals surface area contributed by atoms with Crippen molar-refractivity contribution in [1.82, 2.24) is 15.5 Å². The van der Waals surface area contributed by atoms with E-state index in [2.05, 4.69) is 20.0 Å². The number of carbonyl (C=O) groups excluding carboxylic acids is 1. The lowest BCUT2D eigenvalue weighted by Gasteiger charge is -2.11. The maximum atomic E-state index is 12.5. The molecule has 0 saturated carbocycles. The van der Waals surface area contributed by atoms with Gasteiger partial charge in [-0.05, 0) is 24.3 Å². The third kappa shape index (κ3) is 4.65. The molecular weight excluding hydrogens is 391 g/mol. The minimum absolute atomic E-state index is 0.216. The van der Waals surface area contributed by atoms with Gasteiger partial charge < -0.3 is 19.3 Å². The quantitative estimate of drug-likeness (QED) is 0.671. The average Bonchev–Trinajstić information content (AvgIpc) is 3.23. The zero-order chi connectivity index (χ0) is 21.0. The van der Waals surface area contributed by atoms with Crippen molar-refractivity contribution in [2.45, 2.75) is 12.7 Å². The highest BCUT2D eigenvalue weighted by Gasteiger charge is 2.38. The largest absolute Gasteiger partial charge is 0.497 e. The lowest BCUT2D eigenvalue weighted by atomic mass is 10.1. The van der Waals surface area contributed by atoms with E-state index in [0.717, 1.165) is 5.56 Å². The van der Waals surface area contributed by atoms with Gasteiger partial charge in [0.1, 0.15) is 11.5 Å². The van der Waals surface area contributed by atoms with Gasteiger partial charge >= 0.3 is 12.1 Å². The molecule has 7 nitrogen and oxygen atoms in total. The van der Waals surface area contributed by atoms with Crippen LogP contribution in [0.2, 0.25) is 0 Å². The van der Waals surface area contributed by atoms with Gasteiger partial charge in [-0.15, -0.1) is 0 Å². The molecule has 1 aromatic heterocycles. The Balaban J connectivity index is 1.67. The molecule has 29 heavy (non-hydrogen) atoms. The van der Waals surface area contributed by atoms with Gasteiger partial charge in [0, 0.05) is 29.3 Å². The van der Waals surface area contributed by atoms with Crippen molar-refractivity contribution < 1.29 is 32.0 Å². The highest BCUT2D eigenvalue weighted by atomic mass is 19.4. The van der Waals surface area contributed by atoms with E-state index in [-0.39, 0.29) is 23.8 Å². The average molecular weight is 407 g/mol. The van der Waals surface area contributed by atoms with Crippen LogP contribution in [0.15, 0.2) is 47.0 Å². The Labute approximate surface area is 163 Å². The first-order valence-corrected chi connectivity index (χ1v) is 8.32. The van der Waals surface area contributed by atoms with E-state index in [9.17, 15) is 18.0 Å². The van der Waals surface area contributed by atoms with Crippen LogP contribution in [0, 0.1) is 0 Å². The van der Waals surface area contributed by atoms with Crippen LogP contribution in [0.1, 0.15) is 21.8 Å². The Hall–Kier alpha value is -3.56. The fraction of sp³-hybridized carbons (Fsp3) is 0.211. The summed E-state index contributed by atoms with van der Waals surface area (Å²) in [7, 11) is 3.05. The predicted octanol–water partition coefficient (Wildman–Crippen LogP) is 3.70. The Morgan fingerprint density at radius 3 is 2.41 bits per heavy atom. The molecule has 0 atom stereocenters. The van der Waals surface area contributed by atoms with Crippen LogP contribution in [-0.4, -0.2) is 30.3 Å². The number of hydrogen-bond acceptors (Lipinski definition) is 6. The van der Waals surface area contributed by atoms with Crippen LogP contribution in [0.5, 0.6) is 11.5 Å². The van der Waals surface area contributed by atoms with Crippen molar-refractivity contribution in [3.05, 3.63) is 59.5 Å². The molecule has 0 radical (unpaired) electrons. The molecule has 3 rings (SSSR count). The molecule has 0 aliphatic rings. The molecule has 0 bridgehead atoms. The van der Waals surface area contributed by atoms with Gasteiger partial charge in [0.15, 0.2) is 0 Å². The number of rotatable bonds is 6. The molecule has 1 heterocycles. The number of nitrogens with zero attached hydrogens (tertiary/aromatic N) is 2. The number of aromatic nitrogens is 2. The second kappa shape index (κ2) is 8.21. The fourth-order valence-electron chi connectivity index (χ4n) is 2.50. The normalized spacial score (nSPS) is 11.2. The van der Waals surface area contributed by atoms with Crippen LogP contribution < -0.4 is 14.8 Å². The molecule has 3 aromatic rings. The van der Waals surface area contributed by atoms with Gasteiger partial charge in [0.05, 0.1) is 14.2 Å². The molecule has 0 spiro atoms. The van der Waals surface area contributed by atoms with Crippen molar-refractivity contribution in [2.75, 3.05) is 14.2 Å². The van der Waals surface area contributed by atoms with E-state index < -0.39 is 12.1 Å². The van der Waals surface area contributed by atoms with Crippen LogP contribution in [0.3, 0.4) is 0 Å². The van der Waals surface area contributed by atoms with Crippen molar-refractivity contribution in [3.63, 3.8) is 0 Å². The van der Waals surface area contributed by atoms with Crippen molar-refractivity contribution >= 4 is 5.91 Å². The van der Waals surface area contributed by atoms with Gasteiger partial charge in [0.2, 0.25) is 5.82 Å². The van der Waals surface area contributed by atoms with Crippen molar-refractivity contribution in [2.24, 2.45) is 0 Å². The number of carbonyl (C=O) groups is 1. The molecule has 0 aliphatic carbocycles. The summed E-state index contributed by atoms with van der Waals surface area (Å²) in [5, 5.41) is 6.06. The maximum Gasteiger partial charge on any atom is 0.471 e. The number of hydrogen-bond donors (Lipinski definition) is 1. The topological polar surface area (TPSA) is 86.5 Å². The van der Waals surface area contributed by atoms with E-state index in [4.69, 9.17) is 9.47 Å². The van der Waals surface area contributed by atoms with E-state index in [1.165, 1.54) is 31.4 Å². The van der Waals surface area contributed by atoms with Crippen LogP contribution in [0.25, 0.3) is 11.4 Å². The predicted molar refractivity (Wildman–Crippen MR) is 95.5 cm³/mol. The number of methoxy groups -OCH3 is 2. The minimum Gasteiger partial charge on any atom is -0.497 e. The summed E-state index contributed by atoms with van der Waals surface area (Å²) in [4.78, 5) is 15.7. The zero-order valence-corrected chi connectivity index (χ0v) is 15.4. The monoisotopic (exact) mass is 407 g/mol. The number of alkyl halides is 3. The summed E-state index contributed by atoms with van der Waals surface area (Å²) in [5.74, 6) is -0.811. The summed E-state index contributed by atoms with van der Waals surface area (Å²) in [6, 6.07) is 11.0. The van der Waals surface area contributed by atoms with Gasteiger partial charge in [0.25, 0.3) is 5.91 Å². The standard InChI is InChI=1S/C19H16F3N3O4/c1-27-14-8-7-13(15(9-14)28-2)10-23-17(26)12-5-3-11(4-6-12)16-24-18(29-25-16)19(20,21)22/h3-9H,10H2,1-2H3,(H,23,26). The Kier molecular flexibility index (Phi) is 5.71. The van der Waals surface area contributed by atoms with E-state index in [1.54, 1.807) is 25.3 Å². The van der Waals surface area contributed by atoms with Gasteiger partial charge in [-0.25, -0.2) is 0 Å². The van der Waals surface area contributed by atoms with Crippen molar-refractivity contribution in [1.29, 1.82) is 0 Å². The minimum atomic E-state index is -4.71. The second-order valence-electron chi connectivity index (χ2n) is 5.86. The summed E-state index contributed by atoms with van der Waals surface area (Å²) < 4.78 is 52.2. The molecule has 0 unspecified atom stereocenters. The first kappa shape index (κ1) is 20.2. The third-order valence-electron chi connectivity index (χ3n) is 4.01. The molecule has 152 valence electrons. The number of amides is 1. The Bertz CT molecular complexity index is 1000. The smallest absolute Gasteiger partial charge is 0.471 e. The number of halogens is 3. The van der Waals surface area contributed by atoms with E-state index in [0.29, 0.717) is 17.1 Å². The van der Waals surface area contributed by atoms with Gasteiger partial charge in [-0.2, -0.15) is 18.2 Å². The van der Waals surface area contributed by atoms with Crippen LogP contribution >= 0.6 is 0 Å². The van der Waals surface area contributed by atoms with E-state index >= 15 is 0 Å². The summed E-state index contributed by atoms with van der Waals surface area (Å²) in [6.45, 7) is 0.216. The number of ether oxygens (including phenoxy) is 2. The Morgan fingerprint density at radius 2 is 1.83 bits per heavy atom. The number of nitrogens with one attached hydrogen (secondary N) is 1. The second-order valence-corrected chi connectivity index (χ2v) is 5.86. The molecule has 1 amide bonds. The van der Waals surface area contributed by atoms with Crippen molar-refractivity contribution in [3.8, 4) is 22.9 Å². The van der Waals surface area contributed by atoms with E-state index in [1.807, 2.05) is 0 Å². The number of benzene rings is 2. The molecule has 0 aliphatic heterocycles. The lowest BCUT2D eigenvalue weighted by molar-refractivity contribution is -0.159. The molecule has 1 N–H and O–H groups in total. The molecule has 0 fully saturated rings. The Morgan fingerprint density at radius 1 is 1.10 bits per heavy atom. The maximum absolute atomic E-state index is 12.5. The molecular formula is C19H16F3N3O4. The summed E-state index contributed by atoms with van der Waals surface area (Å²) >= 11 is 0. The first-order chi connectivity index (χ1) is 13.8.